The van der Waals surface area contributed by atoms with Gasteiger partial charge in [0.1, 0.15) is 6.61 Å². The summed E-state index contributed by atoms with van der Waals surface area (Å²) in [4.78, 5) is 16.5. The highest BCUT2D eigenvalue weighted by molar-refractivity contribution is 14.1. The van der Waals surface area contributed by atoms with Gasteiger partial charge < -0.3 is 14.3 Å². The summed E-state index contributed by atoms with van der Waals surface area (Å²) >= 11 is 8.22. The summed E-state index contributed by atoms with van der Waals surface area (Å²) in [6, 6.07) is 11.3. The minimum Gasteiger partial charge on any atom is -0.490 e. The summed E-state index contributed by atoms with van der Waals surface area (Å²) < 4.78 is 12.6. The molecule has 0 aliphatic carbocycles. The molecule has 0 radical (unpaired) electrons. The first-order valence-electron chi connectivity index (χ1n) is 8.29. The van der Waals surface area contributed by atoms with E-state index in [0.29, 0.717) is 41.0 Å². The molecule has 1 aliphatic heterocycles. The summed E-state index contributed by atoms with van der Waals surface area (Å²) in [6.07, 6.45) is 1.74. The molecule has 3 rings (SSSR count). The van der Waals surface area contributed by atoms with Crippen LogP contribution >= 0.6 is 34.2 Å². The lowest BCUT2D eigenvalue weighted by Gasteiger charge is -2.15. The van der Waals surface area contributed by atoms with Gasteiger partial charge in [-0.05, 0) is 77.9 Å². The average Bonchev–Trinajstić information content (AvgIpc) is 2.93. The first-order chi connectivity index (χ1) is 13.0. The molecule has 0 spiro atoms. The molecule has 140 valence electrons. The Morgan fingerprint density at radius 3 is 2.74 bits per heavy atom. The van der Waals surface area contributed by atoms with Crippen molar-refractivity contribution in [1.82, 2.24) is 0 Å². The van der Waals surface area contributed by atoms with Crippen LogP contribution in [0.5, 0.6) is 11.5 Å². The van der Waals surface area contributed by atoms with Crippen LogP contribution in [0.1, 0.15) is 25.0 Å². The van der Waals surface area contributed by atoms with Gasteiger partial charge in [-0.25, -0.2) is 4.79 Å². The molecule has 0 unspecified atom stereocenters. The fraction of sp³-hybridized carbons (Fsp3) is 0.200. The van der Waals surface area contributed by atoms with Gasteiger partial charge in [0, 0.05) is 5.02 Å². The molecule has 0 saturated carbocycles. The number of hydrogen-bond donors (Lipinski definition) is 0. The van der Waals surface area contributed by atoms with Crippen molar-refractivity contribution in [3.8, 4) is 11.5 Å². The molecule has 27 heavy (non-hydrogen) atoms. The third-order valence-electron chi connectivity index (χ3n) is 3.79. The molecule has 7 heteroatoms. The molecule has 2 aromatic rings. The predicted molar refractivity (Wildman–Crippen MR) is 113 cm³/mol. The van der Waals surface area contributed by atoms with E-state index in [4.69, 9.17) is 25.9 Å². The molecule has 0 amide bonds. The quantitative estimate of drug-likeness (QED) is 0.311. The standard InChI is InChI=1S/C20H17ClINO4/c1-3-25-18-10-14(8-16-12(2)23-27-20(16)24)9-17(22)19(18)26-11-13-5-4-6-15(21)7-13/h4-10H,3,11H2,1-2H3/b16-8+. The zero-order chi connectivity index (χ0) is 19.4. The molecular formula is C20H17ClINO4. The fourth-order valence-corrected chi connectivity index (χ4v) is 3.54. The number of benzene rings is 2. The van der Waals surface area contributed by atoms with Gasteiger partial charge in [-0.15, -0.1) is 0 Å². The maximum atomic E-state index is 11.8. The predicted octanol–water partition coefficient (Wildman–Crippen LogP) is 5.24. The topological polar surface area (TPSA) is 57.1 Å². The number of nitrogens with zero attached hydrogens (tertiary/aromatic N) is 1. The zero-order valence-electron chi connectivity index (χ0n) is 14.8. The second-order valence-corrected chi connectivity index (χ2v) is 7.39. The minimum atomic E-state index is -0.457. The van der Waals surface area contributed by atoms with E-state index in [-0.39, 0.29) is 0 Å². The van der Waals surface area contributed by atoms with Crippen LogP contribution in [0.15, 0.2) is 47.1 Å². The third kappa shape index (κ3) is 4.81. The van der Waals surface area contributed by atoms with Gasteiger partial charge in [0.25, 0.3) is 0 Å². The van der Waals surface area contributed by atoms with E-state index < -0.39 is 5.97 Å². The van der Waals surface area contributed by atoms with E-state index in [0.717, 1.165) is 14.7 Å². The summed E-state index contributed by atoms with van der Waals surface area (Å²) in [5.74, 6) is 0.806. The molecule has 5 nitrogen and oxygen atoms in total. The molecule has 0 fully saturated rings. The van der Waals surface area contributed by atoms with Crippen molar-refractivity contribution < 1.29 is 19.1 Å². The largest absolute Gasteiger partial charge is 0.490 e. The van der Waals surface area contributed by atoms with E-state index in [9.17, 15) is 4.79 Å². The number of hydrogen-bond acceptors (Lipinski definition) is 5. The maximum Gasteiger partial charge on any atom is 0.367 e. The van der Waals surface area contributed by atoms with Crippen molar-refractivity contribution >= 4 is 51.9 Å². The number of carbonyl (C=O) groups excluding carboxylic acids is 1. The molecule has 0 N–H and O–H groups in total. The first kappa shape index (κ1) is 19.7. The number of halogens is 2. The van der Waals surface area contributed by atoms with Gasteiger partial charge in [0.2, 0.25) is 0 Å². The number of oxime groups is 1. The molecule has 0 atom stereocenters. The van der Waals surface area contributed by atoms with Crippen LogP contribution in [0.2, 0.25) is 5.02 Å². The van der Waals surface area contributed by atoms with E-state index in [1.54, 1.807) is 13.0 Å². The summed E-state index contributed by atoms with van der Waals surface area (Å²) in [5, 5.41) is 4.36. The molecule has 1 aliphatic rings. The van der Waals surface area contributed by atoms with Crippen LogP contribution in [-0.2, 0) is 16.2 Å². The van der Waals surface area contributed by atoms with E-state index in [2.05, 4.69) is 27.7 Å². The van der Waals surface area contributed by atoms with Crippen LogP contribution in [0.4, 0.5) is 0 Å². The first-order valence-corrected chi connectivity index (χ1v) is 9.75. The Hall–Kier alpha value is -2.06. The Morgan fingerprint density at radius 1 is 1.26 bits per heavy atom. The Balaban J connectivity index is 1.89. The molecule has 1 heterocycles. The second-order valence-electron chi connectivity index (χ2n) is 5.80. The molecule has 0 saturated heterocycles. The smallest absolute Gasteiger partial charge is 0.367 e. The Bertz CT molecular complexity index is 940. The fourth-order valence-electron chi connectivity index (χ4n) is 2.54. The van der Waals surface area contributed by atoms with Crippen molar-refractivity contribution in [3.63, 3.8) is 0 Å². The third-order valence-corrected chi connectivity index (χ3v) is 4.83. The SMILES string of the molecule is CCOc1cc(/C=C2/C(=O)ON=C2C)cc(I)c1OCc1cccc(Cl)c1. The monoisotopic (exact) mass is 497 g/mol. The van der Waals surface area contributed by atoms with Crippen molar-refractivity contribution in [3.05, 3.63) is 61.7 Å². The van der Waals surface area contributed by atoms with Crippen LogP contribution in [-0.4, -0.2) is 18.3 Å². The van der Waals surface area contributed by atoms with Crippen molar-refractivity contribution in [1.29, 1.82) is 0 Å². The van der Waals surface area contributed by atoms with E-state index >= 15 is 0 Å². The Labute approximate surface area is 176 Å². The average molecular weight is 498 g/mol. The van der Waals surface area contributed by atoms with Crippen LogP contribution in [0, 0.1) is 3.57 Å². The summed E-state index contributed by atoms with van der Waals surface area (Å²) in [7, 11) is 0. The van der Waals surface area contributed by atoms with E-state index in [1.807, 2.05) is 43.3 Å². The lowest BCUT2D eigenvalue weighted by atomic mass is 10.1. The molecular weight excluding hydrogens is 481 g/mol. The molecule has 2 aromatic carbocycles. The number of rotatable bonds is 6. The minimum absolute atomic E-state index is 0.370. The lowest BCUT2D eigenvalue weighted by Crippen LogP contribution is -2.04. The van der Waals surface area contributed by atoms with Gasteiger partial charge in [-0.3, -0.25) is 0 Å². The Morgan fingerprint density at radius 2 is 2.07 bits per heavy atom. The zero-order valence-corrected chi connectivity index (χ0v) is 17.7. The van der Waals surface area contributed by atoms with Crippen molar-refractivity contribution in [2.24, 2.45) is 5.16 Å². The lowest BCUT2D eigenvalue weighted by molar-refractivity contribution is -0.136. The van der Waals surface area contributed by atoms with Gasteiger partial charge in [0.05, 0.1) is 21.5 Å². The molecule has 0 bridgehead atoms. The van der Waals surface area contributed by atoms with Crippen molar-refractivity contribution in [2.45, 2.75) is 20.5 Å². The summed E-state index contributed by atoms with van der Waals surface area (Å²) in [6.45, 7) is 4.50. The van der Waals surface area contributed by atoms with Gasteiger partial charge >= 0.3 is 5.97 Å². The van der Waals surface area contributed by atoms with Gasteiger partial charge in [-0.2, -0.15) is 0 Å². The highest BCUT2D eigenvalue weighted by atomic mass is 127. The van der Waals surface area contributed by atoms with Gasteiger partial charge in [0.15, 0.2) is 11.5 Å². The van der Waals surface area contributed by atoms with Gasteiger partial charge in [-0.1, -0.05) is 28.9 Å². The van der Waals surface area contributed by atoms with Crippen LogP contribution in [0.3, 0.4) is 0 Å². The Kier molecular flexibility index (Phi) is 6.38. The number of carbonyl (C=O) groups is 1. The summed E-state index contributed by atoms with van der Waals surface area (Å²) in [5.41, 5.74) is 2.75. The maximum absolute atomic E-state index is 11.8. The highest BCUT2D eigenvalue weighted by Crippen LogP contribution is 2.36. The molecule has 0 aromatic heterocycles. The van der Waals surface area contributed by atoms with E-state index in [1.165, 1.54) is 0 Å². The number of ether oxygens (including phenoxy) is 2. The van der Waals surface area contributed by atoms with Crippen LogP contribution < -0.4 is 9.47 Å². The van der Waals surface area contributed by atoms with Crippen LogP contribution in [0.25, 0.3) is 6.08 Å². The normalized spacial score (nSPS) is 14.9. The highest BCUT2D eigenvalue weighted by Gasteiger charge is 2.22. The van der Waals surface area contributed by atoms with Crippen molar-refractivity contribution in [2.75, 3.05) is 6.61 Å². The second kappa shape index (κ2) is 8.75.